The SMILES string of the molecule is CCNC(=NCc1cc(C#N)ccc1F)NCC1CCCN(C)C1c1cccs1. The smallest absolute Gasteiger partial charge is 0.191 e. The first-order valence-electron chi connectivity index (χ1n) is 10.1. The van der Waals surface area contributed by atoms with Gasteiger partial charge in [-0.05, 0) is 68.9 Å². The number of likely N-dealkylation sites (tertiary alicyclic amines) is 1. The number of hydrogen-bond acceptors (Lipinski definition) is 4. The molecule has 29 heavy (non-hydrogen) atoms. The van der Waals surface area contributed by atoms with Gasteiger partial charge < -0.3 is 10.6 Å². The standard InChI is InChI=1S/C22H28FN5S/c1-3-25-22(27-15-18-12-16(13-24)8-9-19(18)23)26-14-17-6-4-10-28(2)21(17)20-7-5-11-29-20/h5,7-9,11-12,17,21H,3-4,6,10,14-15H2,1-2H3,(H2,25,26,27). The predicted molar refractivity (Wildman–Crippen MR) is 116 cm³/mol. The summed E-state index contributed by atoms with van der Waals surface area (Å²) in [5, 5.41) is 17.9. The zero-order chi connectivity index (χ0) is 20.6. The minimum Gasteiger partial charge on any atom is -0.357 e. The number of nitrogens with one attached hydrogen (secondary N) is 2. The highest BCUT2D eigenvalue weighted by atomic mass is 32.1. The molecule has 2 atom stereocenters. The van der Waals surface area contributed by atoms with Gasteiger partial charge in [0.25, 0.3) is 0 Å². The summed E-state index contributed by atoms with van der Waals surface area (Å²) in [6.45, 7) is 4.85. The minimum atomic E-state index is -0.338. The molecule has 1 aromatic heterocycles. The Morgan fingerprint density at radius 2 is 2.24 bits per heavy atom. The van der Waals surface area contributed by atoms with E-state index in [9.17, 15) is 4.39 Å². The molecule has 1 aliphatic rings. The fraction of sp³-hybridized carbons (Fsp3) is 0.455. The van der Waals surface area contributed by atoms with Crippen LogP contribution in [0, 0.1) is 23.1 Å². The molecule has 0 aliphatic carbocycles. The second kappa shape index (κ2) is 10.4. The Labute approximate surface area is 176 Å². The summed E-state index contributed by atoms with van der Waals surface area (Å²) < 4.78 is 14.0. The maximum Gasteiger partial charge on any atom is 0.191 e. The maximum absolute atomic E-state index is 14.0. The van der Waals surface area contributed by atoms with Crippen molar-refractivity contribution < 1.29 is 4.39 Å². The topological polar surface area (TPSA) is 63.5 Å². The number of aliphatic imine (C=N–C) groups is 1. The third-order valence-electron chi connectivity index (χ3n) is 5.30. The van der Waals surface area contributed by atoms with Crippen LogP contribution in [0.1, 0.15) is 41.8 Å². The zero-order valence-electron chi connectivity index (χ0n) is 17.0. The first-order chi connectivity index (χ1) is 14.1. The van der Waals surface area contributed by atoms with Crippen molar-refractivity contribution in [2.24, 2.45) is 10.9 Å². The summed E-state index contributed by atoms with van der Waals surface area (Å²) in [5.41, 5.74) is 0.869. The normalized spacial score (nSPS) is 20.3. The van der Waals surface area contributed by atoms with Gasteiger partial charge >= 0.3 is 0 Å². The molecule has 1 aliphatic heterocycles. The molecule has 1 saturated heterocycles. The number of hydrogen-bond donors (Lipinski definition) is 2. The van der Waals surface area contributed by atoms with Gasteiger partial charge in [0.1, 0.15) is 5.82 Å². The quantitative estimate of drug-likeness (QED) is 0.557. The number of piperidine rings is 1. The minimum absolute atomic E-state index is 0.190. The van der Waals surface area contributed by atoms with Crippen LogP contribution < -0.4 is 10.6 Å². The van der Waals surface area contributed by atoms with Crippen LogP contribution in [0.5, 0.6) is 0 Å². The van der Waals surface area contributed by atoms with Crippen molar-refractivity contribution in [2.45, 2.75) is 32.4 Å². The number of halogens is 1. The lowest BCUT2D eigenvalue weighted by Gasteiger charge is -2.39. The molecule has 2 unspecified atom stereocenters. The molecule has 2 aromatic rings. The van der Waals surface area contributed by atoms with Crippen molar-refractivity contribution in [1.29, 1.82) is 5.26 Å². The van der Waals surface area contributed by atoms with E-state index in [0.717, 1.165) is 26.1 Å². The number of thiophene rings is 1. The highest BCUT2D eigenvalue weighted by Crippen LogP contribution is 2.36. The van der Waals surface area contributed by atoms with Crippen LogP contribution in [0.4, 0.5) is 4.39 Å². The van der Waals surface area contributed by atoms with Crippen LogP contribution in [0.25, 0.3) is 0 Å². The average molecular weight is 414 g/mol. The van der Waals surface area contributed by atoms with Crippen molar-refractivity contribution in [2.75, 3.05) is 26.7 Å². The van der Waals surface area contributed by atoms with Crippen LogP contribution >= 0.6 is 11.3 Å². The molecule has 0 spiro atoms. The van der Waals surface area contributed by atoms with Crippen LogP contribution in [0.3, 0.4) is 0 Å². The van der Waals surface area contributed by atoms with Gasteiger partial charge in [0.05, 0.1) is 18.2 Å². The number of benzene rings is 1. The summed E-state index contributed by atoms with van der Waals surface area (Å²) >= 11 is 1.81. The molecule has 3 rings (SSSR count). The molecule has 2 N–H and O–H groups in total. The molecular formula is C22H28FN5S. The fourth-order valence-corrected chi connectivity index (χ4v) is 4.86. The summed E-state index contributed by atoms with van der Waals surface area (Å²) in [7, 11) is 2.20. The van der Waals surface area contributed by atoms with Gasteiger partial charge in [-0.1, -0.05) is 6.07 Å². The molecule has 7 heteroatoms. The van der Waals surface area contributed by atoms with Gasteiger partial charge in [0, 0.05) is 29.6 Å². The van der Waals surface area contributed by atoms with Crippen molar-refractivity contribution in [1.82, 2.24) is 15.5 Å². The van der Waals surface area contributed by atoms with E-state index >= 15 is 0 Å². The van der Waals surface area contributed by atoms with Crippen LogP contribution in [0.15, 0.2) is 40.7 Å². The second-order valence-electron chi connectivity index (χ2n) is 7.34. The highest BCUT2D eigenvalue weighted by Gasteiger charge is 2.31. The predicted octanol–water partition coefficient (Wildman–Crippen LogP) is 3.90. The zero-order valence-corrected chi connectivity index (χ0v) is 17.8. The van der Waals surface area contributed by atoms with E-state index in [1.165, 1.54) is 23.4 Å². The third kappa shape index (κ3) is 5.55. The van der Waals surface area contributed by atoms with Crippen molar-refractivity contribution in [3.05, 3.63) is 57.5 Å². The van der Waals surface area contributed by atoms with E-state index in [-0.39, 0.29) is 12.4 Å². The fourth-order valence-electron chi connectivity index (χ4n) is 3.88. The Bertz CT molecular complexity index is 859. The number of guanidine groups is 1. The third-order valence-corrected chi connectivity index (χ3v) is 6.24. The Morgan fingerprint density at radius 1 is 1.38 bits per heavy atom. The van der Waals surface area contributed by atoms with Gasteiger partial charge in [0.15, 0.2) is 5.96 Å². The van der Waals surface area contributed by atoms with Gasteiger partial charge in [-0.15, -0.1) is 11.3 Å². The first-order valence-corrected chi connectivity index (χ1v) is 10.9. The van der Waals surface area contributed by atoms with E-state index in [4.69, 9.17) is 5.26 Å². The lowest BCUT2D eigenvalue weighted by atomic mass is 9.88. The molecule has 0 saturated carbocycles. The maximum atomic E-state index is 14.0. The number of nitrogens with zero attached hydrogens (tertiary/aromatic N) is 3. The Kier molecular flexibility index (Phi) is 7.62. The highest BCUT2D eigenvalue weighted by molar-refractivity contribution is 7.10. The number of nitriles is 1. The Hall–Kier alpha value is -2.43. The summed E-state index contributed by atoms with van der Waals surface area (Å²) in [4.78, 5) is 8.38. The van der Waals surface area contributed by atoms with Crippen molar-refractivity contribution in [3.8, 4) is 6.07 Å². The molecule has 1 fully saturated rings. The molecular weight excluding hydrogens is 385 g/mol. The summed E-state index contributed by atoms with van der Waals surface area (Å²) in [6, 6.07) is 11.2. The van der Waals surface area contributed by atoms with Crippen LogP contribution in [-0.2, 0) is 6.54 Å². The van der Waals surface area contributed by atoms with Gasteiger partial charge in [-0.25, -0.2) is 9.38 Å². The van der Waals surface area contributed by atoms with E-state index in [2.05, 4.69) is 45.1 Å². The Balaban J connectivity index is 1.68. The largest absolute Gasteiger partial charge is 0.357 e. The van der Waals surface area contributed by atoms with Gasteiger partial charge in [-0.3, -0.25) is 4.90 Å². The van der Waals surface area contributed by atoms with Crippen LogP contribution in [0.2, 0.25) is 0 Å². The van der Waals surface area contributed by atoms with E-state index in [1.54, 1.807) is 6.07 Å². The van der Waals surface area contributed by atoms with E-state index in [1.807, 2.05) is 24.3 Å². The summed E-state index contributed by atoms with van der Waals surface area (Å²) in [5.74, 6) is 0.817. The van der Waals surface area contributed by atoms with Crippen molar-refractivity contribution in [3.63, 3.8) is 0 Å². The van der Waals surface area contributed by atoms with Gasteiger partial charge in [0.2, 0.25) is 0 Å². The van der Waals surface area contributed by atoms with E-state index < -0.39 is 0 Å². The molecule has 0 bridgehead atoms. The Morgan fingerprint density at radius 3 is 2.97 bits per heavy atom. The van der Waals surface area contributed by atoms with E-state index in [0.29, 0.717) is 29.0 Å². The van der Waals surface area contributed by atoms with Crippen LogP contribution in [-0.4, -0.2) is 37.5 Å². The second-order valence-corrected chi connectivity index (χ2v) is 8.32. The lowest BCUT2D eigenvalue weighted by Crippen LogP contribution is -2.44. The molecule has 5 nitrogen and oxygen atoms in total. The summed E-state index contributed by atoms with van der Waals surface area (Å²) in [6.07, 6.45) is 2.35. The lowest BCUT2D eigenvalue weighted by molar-refractivity contribution is 0.125. The number of rotatable bonds is 6. The molecule has 0 amide bonds. The van der Waals surface area contributed by atoms with Gasteiger partial charge in [-0.2, -0.15) is 5.26 Å². The molecule has 0 radical (unpaired) electrons. The average Bonchev–Trinajstić information content (AvgIpc) is 3.25. The monoisotopic (exact) mass is 413 g/mol. The molecule has 1 aromatic carbocycles. The molecule has 2 heterocycles. The first kappa shape index (κ1) is 21.3. The van der Waals surface area contributed by atoms with Crippen molar-refractivity contribution >= 4 is 17.3 Å². The molecule has 154 valence electrons.